The lowest BCUT2D eigenvalue weighted by Crippen LogP contribution is -2.24. The standard InChI is InChI=1S/C23H24N4O5S/c1-23(2,3)17-10-18(32-27-17)24-21(29)13-5-4-6-16-19(13)25-22(33-16)26-20(28)12-7-8-14-15(9-12)31-11-30-14/h7-10,13H,4-6,11H2,1-3H3,(H,24,29)(H,25,26,28). The first-order valence-electron chi connectivity index (χ1n) is 10.8. The van der Waals surface area contributed by atoms with Gasteiger partial charge >= 0.3 is 0 Å². The molecule has 3 heterocycles. The zero-order valence-corrected chi connectivity index (χ0v) is 19.4. The molecule has 3 aromatic rings. The van der Waals surface area contributed by atoms with Gasteiger partial charge in [-0.3, -0.25) is 20.2 Å². The van der Waals surface area contributed by atoms with E-state index in [1.807, 2.05) is 20.8 Å². The molecule has 2 amide bonds. The van der Waals surface area contributed by atoms with Crippen molar-refractivity contribution in [3.8, 4) is 11.5 Å². The van der Waals surface area contributed by atoms with Crippen molar-refractivity contribution in [1.29, 1.82) is 0 Å². The molecule has 1 unspecified atom stereocenters. The molecule has 0 saturated heterocycles. The van der Waals surface area contributed by atoms with Gasteiger partial charge < -0.3 is 14.0 Å². The molecule has 0 saturated carbocycles. The number of benzene rings is 1. The minimum absolute atomic E-state index is 0.147. The maximum absolute atomic E-state index is 13.0. The number of hydrogen-bond acceptors (Lipinski definition) is 8. The van der Waals surface area contributed by atoms with Crippen molar-refractivity contribution in [2.45, 2.75) is 51.4 Å². The highest BCUT2D eigenvalue weighted by atomic mass is 32.1. The van der Waals surface area contributed by atoms with E-state index in [0.29, 0.717) is 40.2 Å². The summed E-state index contributed by atoms with van der Waals surface area (Å²) in [6, 6.07) is 6.78. The summed E-state index contributed by atoms with van der Waals surface area (Å²) in [6.07, 6.45) is 2.37. The van der Waals surface area contributed by atoms with E-state index in [0.717, 1.165) is 23.4 Å². The predicted octanol–water partition coefficient (Wildman–Crippen LogP) is 4.47. The number of carbonyl (C=O) groups is 2. The van der Waals surface area contributed by atoms with Gasteiger partial charge in [-0.05, 0) is 37.5 Å². The zero-order chi connectivity index (χ0) is 23.2. The van der Waals surface area contributed by atoms with Gasteiger partial charge in [0.2, 0.25) is 18.6 Å². The fourth-order valence-electron chi connectivity index (χ4n) is 3.83. The van der Waals surface area contributed by atoms with Crippen LogP contribution in [-0.2, 0) is 16.6 Å². The highest BCUT2D eigenvalue weighted by Crippen LogP contribution is 2.38. The number of amides is 2. The third-order valence-electron chi connectivity index (χ3n) is 5.65. The molecular formula is C23H24N4O5S. The lowest BCUT2D eigenvalue weighted by Gasteiger charge is -2.19. The van der Waals surface area contributed by atoms with E-state index in [-0.39, 0.29) is 24.0 Å². The number of aromatic nitrogens is 2. The second kappa shape index (κ2) is 8.18. The number of anilines is 2. The van der Waals surface area contributed by atoms with Gasteiger partial charge in [0.15, 0.2) is 16.6 Å². The third kappa shape index (κ3) is 4.30. The van der Waals surface area contributed by atoms with Crippen molar-refractivity contribution >= 4 is 34.2 Å². The van der Waals surface area contributed by atoms with Gasteiger partial charge in [0.1, 0.15) is 0 Å². The second-order valence-corrected chi connectivity index (χ2v) is 10.2. The predicted molar refractivity (Wildman–Crippen MR) is 122 cm³/mol. The highest BCUT2D eigenvalue weighted by Gasteiger charge is 2.32. The molecule has 2 aromatic heterocycles. The Bertz CT molecular complexity index is 1230. The molecule has 33 heavy (non-hydrogen) atoms. The minimum atomic E-state index is -0.413. The van der Waals surface area contributed by atoms with Crippen molar-refractivity contribution in [2.75, 3.05) is 17.4 Å². The number of hydrogen-bond donors (Lipinski definition) is 2. The van der Waals surface area contributed by atoms with E-state index in [9.17, 15) is 9.59 Å². The summed E-state index contributed by atoms with van der Waals surface area (Å²) >= 11 is 1.40. The van der Waals surface area contributed by atoms with E-state index in [1.165, 1.54) is 11.3 Å². The molecule has 0 fully saturated rings. The van der Waals surface area contributed by atoms with Crippen molar-refractivity contribution in [3.05, 3.63) is 46.1 Å². The summed E-state index contributed by atoms with van der Waals surface area (Å²) in [5.74, 6) is 0.586. The maximum atomic E-state index is 13.0. The van der Waals surface area contributed by atoms with Crippen LogP contribution in [0.15, 0.2) is 28.8 Å². The first-order chi connectivity index (χ1) is 15.8. The van der Waals surface area contributed by atoms with Gasteiger partial charge in [0.25, 0.3) is 5.91 Å². The molecule has 0 bridgehead atoms. The van der Waals surface area contributed by atoms with Gasteiger partial charge in [-0.15, -0.1) is 11.3 Å². The summed E-state index contributed by atoms with van der Waals surface area (Å²) in [7, 11) is 0. The normalized spacial score (nSPS) is 16.9. The number of carbonyl (C=O) groups excluding carboxylic acids is 2. The first-order valence-corrected chi connectivity index (χ1v) is 11.6. The molecule has 1 aromatic carbocycles. The van der Waals surface area contributed by atoms with Crippen molar-refractivity contribution in [1.82, 2.24) is 10.1 Å². The van der Waals surface area contributed by atoms with Gasteiger partial charge in [-0.25, -0.2) is 4.98 Å². The largest absolute Gasteiger partial charge is 0.454 e. The first kappa shape index (κ1) is 21.4. The van der Waals surface area contributed by atoms with Gasteiger partial charge in [-0.1, -0.05) is 25.9 Å². The number of aryl methyl sites for hydroxylation is 1. The SMILES string of the molecule is CC(C)(C)c1cc(NC(=O)C2CCCc3sc(NC(=O)c4ccc5c(c4)OCO5)nc32)on1. The molecule has 1 aliphatic carbocycles. The molecular weight excluding hydrogens is 444 g/mol. The quantitative estimate of drug-likeness (QED) is 0.580. The topological polar surface area (TPSA) is 116 Å². The lowest BCUT2D eigenvalue weighted by atomic mass is 9.90. The van der Waals surface area contributed by atoms with Crippen LogP contribution in [0.1, 0.15) is 66.2 Å². The van der Waals surface area contributed by atoms with Crippen LogP contribution in [0.5, 0.6) is 11.5 Å². The van der Waals surface area contributed by atoms with Crippen molar-refractivity contribution in [2.24, 2.45) is 0 Å². The Morgan fingerprint density at radius 2 is 1.94 bits per heavy atom. The molecule has 10 heteroatoms. The molecule has 2 aliphatic rings. The van der Waals surface area contributed by atoms with E-state index in [1.54, 1.807) is 24.3 Å². The Labute approximate surface area is 194 Å². The van der Waals surface area contributed by atoms with Crippen LogP contribution in [0.25, 0.3) is 0 Å². The van der Waals surface area contributed by atoms with Gasteiger partial charge in [-0.2, -0.15) is 0 Å². The van der Waals surface area contributed by atoms with Crippen molar-refractivity contribution < 1.29 is 23.6 Å². The number of fused-ring (bicyclic) bond motifs is 2. The van der Waals surface area contributed by atoms with Crippen LogP contribution in [0, 0.1) is 0 Å². The Kier molecular flexibility index (Phi) is 5.32. The van der Waals surface area contributed by atoms with Crippen LogP contribution in [0.4, 0.5) is 11.0 Å². The molecule has 0 radical (unpaired) electrons. The molecule has 2 N–H and O–H groups in total. The molecule has 1 atom stereocenters. The van der Waals surface area contributed by atoms with Crippen LogP contribution in [0.2, 0.25) is 0 Å². The zero-order valence-electron chi connectivity index (χ0n) is 18.6. The molecule has 0 spiro atoms. The number of rotatable bonds is 4. The summed E-state index contributed by atoms with van der Waals surface area (Å²) in [4.78, 5) is 31.3. The molecule has 172 valence electrons. The number of nitrogens with zero attached hydrogens (tertiary/aromatic N) is 2. The molecule has 9 nitrogen and oxygen atoms in total. The Hall–Kier alpha value is -3.40. The van der Waals surface area contributed by atoms with Gasteiger partial charge in [0.05, 0.1) is 17.3 Å². The smallest absolute Gasteiger partial charge is 0.257 e. The second-order valence-electron chi connectivity index (χ2n) is 9.11. The summed E-state index contributed by atoms with van der Waals surface area (Å²) in [5.41, 5.74) is 1.75. The molecule has 5 rings (SSSR count). The van der Waals surface area contributed by atoms with E-state index in [4.69, 9.17) is 14.0 Å². The fourth-order valence-corrected chi connectivity index (χ4v) is 4.89. The summed E-state index contributed by atoms with van der Waals surface area (Å²) in [5, 5.41) is 10.2. The van der Waals surface area contributed by atoms with Crippen molar-refractivity contribution in [3.63, 3.8) is 0 Å². The number of thiazole rings is 1. The maximum Gasteiger partial charge on any atom is 0.257 e. The fraction of sp³-hybridized carbons (Fsp3) is 0.391. The summed E-state index contributed by atoms with van der Waals surface area (Å²) < 4.78 is 15.9. The summed E-state index contributed by atoms with van der Waals surface area (Å²) in [6.45, 7) is 6.23. The lowest BCUT2D eigenvalue weighted by molar-refractivity contribution is -0.118. The number of nitrogens with one attached hydrogen (secondary N) is 2. The van der Waals surface area contributed by atoms with Crippen LogP contribution in [-0.4, -0.2) is 28.7 Å². The average Bonchev–Trinajstić information content (AvgIpc) is 3.51. The minimum Gasteiger partial charge on any atom is -0.454 e. The van der Waals surface area contributed by atoms with Crippen LogP contribution in [0.3, 0.4) is 0 Å². The Balaban J connectivity index is 1.30. The van der Waals surface area contributed by atoms with Crippen LogP contribution >= 0.6 is 11.3 Å². The Morgan fingerprint density at radius 1 is 1.12 bits per heavy atom. The van der Waals surface area contributed by atoms with Crippen LogP contribution < -0.4 is 20.1 Å². The van der Waals surface area contributed by atoms with E-state index < -0.39 is 5.92 Å². The third-order valence-corrected chi connectivity index (χ3v) is 6.70. The van der Waals surface area contributed by atoms with E-state index in [2.05, 4.69) is 20.8 Å². The Morgan fingerprint density at radius 3 is 2.73 bits per heavy atom. The van der Waals surface area contributed by atoms with E-state index >= 15 is 0 Å². The highest BCUT2D eigenvalue weighted by molar-refractivity contribution is 7.16. The average molecular weight is 469 g/mol. The molecule has 1 aliphatic heterocycles. The number of ether oxygens (including phenoxy) is 2. The monoisotopic (exact) mass is 468 g/mol. The van der Waals surface area contributed by atoms with Gasteiger partial charge in [0, 0.05) is 21.9 Å².